The van der Waals surface area contributed by atoms with Crippen LogP contribution in [-0.4, -0.2) is 14.2 Å². The highest BCUT2D eigenvalue weighted by Crippen LogP contribution is 2.43. The first-order valence-corrected chi connectivity index (χ1v) is 7.07. The van der Waals surface area contributed by atoms with Crippen molar-refractivity contribution >= 4 is 27.3 Å². The lowest BCUT2D eigenvalue weighted by Gasteiger charge is -2.13. The van der Waals surface area contributed by atoms with Crippen LogP contribution in [0.1, 0.15) is 4.88 Å². The van der Waals surface area contributed by atoms with E-state index in [1.54, 1.807) is 25.6 Å². The Bertz CT molecular complexity index is 554. The SMILES string of the molecule is COc1ccc(-c2ccsc2CN)c(OC)c1Br. The van der Waals surface area contributed by atoms with Gasteiger partial charge in [-0.3, -0.25) is 0 Å². The van der Waals surface area contributed by atoms with Gasteiger partial charge in [-0.2, -0.15) is 0 Å². The van der Waals surface area contributed by atoms with Crippen molar-refractivity contribution in [2.75, 3.05) is 14.2 Å². The summed E-state index contributed by atoms with van der Waals surface area (Å²) in [6.07, 6.45) is 0. The summed E-state index contributed by atoms with van der Waals surface area (Å²) >= 11 is 5.16. The fourth-order valence-corrected chi connectivity index (χ4v) is 3.29. The van der Waals surface area contributed by atoms with Crippen LogP contribution >= 0.6 is 27.3 Å². The smallest absolute Gasteiger partial charge is 0.144 e. The summed E-state index contributed by atoms with van der Waals surface area (Å²) in [5, 5.41) is 2.04. The lowest BCUT2D eigenvalue weighted by atomic mass is 10.1. The summed E-state index contributed by atoms with van der Waals surface area (Å²) in [6, 6.07) is 5.97. The molecule has 0 unspecified atom stereocenters. The number of rotatable bonds is 4. The van der Waals surface area contributed by atoms with Gasteiger partial charge in [-0.15, -0.1) is 11.3 Å². The highest BCUT2D eigenvalue weighted by atomic mass is 79.9. The summed E-state index contributed by atoms with van der Waals surface area (Å²) in [5.74, 6) is 1.52. The maximum Gasteiger partial charge on any atom is 0.144 e. The van der Waals surface area contributed by atoms with Gasteiger partial charge in [-0.05, 0) is 39.5 Å². The molecule has 1 aromatic heterocycles. The van der Waals surface area contributed by atoms with Crippen LogP contribution < -0.4 is 15.2 Å². The zero-order chi connectivity index (χ0) is 13.1. The fourth-order valence-electron chi connectivity index (χ4n) is 1.85. The molecule has 1 heterocycles. The van der Waals surface area contributed by atoms with Gasteiger partial charge in [0.25, 0.3) is 0 Å². The highest BCUT2D eigenvalue weighted by molar-refractivity contribution is 9.10. The molecule has 0 atom stereocenters. The Morgan fingerprint density at radius 2 is 1.94 bits per heavy atom. The monoisotopic (exact) mass is 327 g/mol. The molecule has 0 radical (unpaired) electrons. The minimum atomic E-state index is 0.528. The zero-order valence-electron chi connectivity index (χ0n) is 10.2. The van der Waals surface area contributed by atoms with Crippen LogP contribution in [0.3, 0.4) is 0 Å². The molecule has 0 saturated carbocycles. The Hall–Kier alpha value is -1.04. The van der Waals surface area contributed by atoms with Crippen molar-refractivity contribution < 1.29 is 9.47 Å². The molecule has 3 nitrogen and oxygen atoms in total. The molecule has 0 bridgehead atoms. The molecular weight excluding hydrogens is 314 g/mol. The first-order chi connectivity index (χ1) is 8.72. The summed E-state index contributed by atoms with van der Waals surface area (Å²) in [4.78, 5) is 1.14. The normalized spacial score (nSPS) is 10.4. The van der Waals surface area contributed by atoms with Crippen LogP contribution in [-0.2, 0) is 6.54 Å². The van der Waals surface area contributed by atoms with Gasteiger partial charge in [0.1, 0.15) is 16.0 Å². The van der Waals surface area contributed by atoms with E-state index >= 15 is 0 Å². The van der Waals surface area contributed by atoms with Gasteiger partial charge in [-0.25, -0.2) is 0 Å². The molecule has 0 fully saturated rings. The van der Waals surface area contributed by atoms with E-state index in [4.69, 9.17) is 15.2 Å². The molecule has 0 spiro atoms. The molecule has 0 aliphatic carbocycles. The van der Waals surface area contributed by atoms with Crippen molar-refractivity contribution in [3.05, 3.63) is 32.9 Å². The second-order valence-electron chi connectivity index (χ2n) is 3.62. The number of hydrogen-bond donors (Lipinski definition) is 1. The summed E-state index contributed by atoms with van der Waals surface area (Å²) in [5.41, 5.74) is 7.89. The number of halogens is 1. The Morgan fingerprint density at radius 3 is 2.56 bits per heavy atom. The summed E-state index contributed by atoms with van der Waals surface area (Å²) in [6.45, 7) is 0.528. The predicted molar refractivity (Wildman–Crippen MR) is 78.5 cm³/mol. The maximum atomic E-state index is 5.75. The lowest BCUT2D eigenvalue weighted by molar-refractivity contribution is 0.390. The Morgan fingerprint density at radius 1 is 1.17 bits per heavy atom. The molecule has 5 heteroatoms. The van der Waals surface area contributed by atoms with Gasteiger partial charge in [0.15, 0.2) is 0 Å². The summed E-state index contributed by atoms with van der Waals surface area (Å²) in [7, 11) is 3.28. The average Bonchev–Trinajstić information content (AvgIpc) is 2.86. The van der Waals surface area contributed by atoms with Crippen LogP contribution in [0.5, 0.6) is 11.5 Å². The third-order valence-electron chi connectivity index (χ3n) is 2.71. The zero-order valence-corrected chi connectivity index (χ0v) is 12.6. The minimum Gasteiger partial charge on any atom is -0.495 e. The molecule has 96 valence electrons. The number of ether oxygens (including phenoxy) is 2. The van der Waals surface area contributed by atoms with Gasteiger partial charge in [-0.1, -0.05) is 0 Å². The highest BCUT2D eigenvalue weighted by Gasteiger charge is 2.16. The molecule has 0 saturated heterocycles. The fraction of sp³-hybridized carbons (Fsp3) is 0.231. The predicted octanol–water partition coefficient (Wildman–Crippen LogP) is 3.65. The van der Waals surface area contributed by atoms with Crippen molar-refractivity contribution in [2.45, 2.75) is 6.54 Å². The first kappa shape index (κ1) is 13.4. The minimum absolute atomic E-state index is 0.528. The first-order valence-electron chi connectivity index (χ1n) is 5.40. The van der Waals surface area contributed by atoms with E-state index in [9.17, 15) is 0 Å². The van der Waals surface area contributed by atoms with Crippen LogP contribution in [0, 0.1) is 0 Å². The van der Waals surface area contributed by atoms with Crippen LogP contribution in [0.2, 0.25) is 0 Å². The molecule has 0 aliphatic heterocycles. The van der Waals surface area contributed by atoms with E-state index in [0.717, 1.165) is 32.0 Å². The van der Waals surface area contributed by atoms with Crippen molar-refractivity contribution in [2.24, 2.45) is 5.73 Å². The molecule has 1 aromatic carbocycles. The van der Waals surface area contributed by atoms with Crippen LogP contribution in [0.15, 0.2) is 28.1 Å². The van der Waals surface area contributed by atoms with Crippen molar-refractivity contribution in [1.82, 2.24) is 0 Å². The van der Waals surface area contributed by atoms with Crippen molar-refractivity contribution in [1.29, 1.82) is 0 Å². The summed E-state index contributed by atoms with van der Waals surface area (Å²) < 4.78 is 11.6. The molecule has 18 heavy (non-hydrogen) atoms. The van der Waals surface area contributed by atoms with Crippen LogP contribution in [0.25, 0.3) is 11.1 Å². The van der Waals surface area contributed by atoms with E-state index in [0.29, 0.717) is 6.54 Å². The van der Waals surface area contributed by atoms with E-state index < -0.39 is 0 Å². The standard InChI is InChI=1S/C13H14BrNO2S/c1-16-10-4-3-9(13(17-2)12(10)14)8-5-6-18-11(8)7-15/h3-6H,7,15H2,1-2H3. The number of nitrogens with two attached hydrogens (primary N) is 1. The molecule has 2 rings (SSSR count). The topological polar surface area (TPSA) is 44.5 Å². The van der Waals surface area contributed by atoms with E-state index in [-0.39, 0.29) is 0 Å². The van der Waals surface area contributed by atoms with Crippen LogP contribution in [0.4, 0.5) is 0 Å². The second kappa shape index (κ2) is 5.73. The largest absolute Gasteiger partial charge is 0.495 e. The Labute approximate surface area is 119 Å². The number of hydrogen-bond acceptors (Lipinski definition) is 4. The molecule has 2 aromatic rings. The maximum absolute atomic E-state index is 5.75. The number of methoxy groups -OCH3 is 2. The quantitative estimate of drug-likeness (QED) is 0.932. The van der Waals surface area contributed by atoms with Gasteiger partial charge < -0.3 is 15.2 Å². The number of benzene rings is 1. The van der Waals surface area contributed by atoms with E-state index in [1.807, 2.05) is 17.5 Å². The van der Waals surface area contributed by atoms with Crippen molar-refractivity contribution in [3.8, 4) is 22.6 Å². The lowest BCUT2D eigenvalue weighted by Crippen LogP contribution is -1.97. The third-order valence-corrected chi connectivity index (χ3v) is 4.40. The van der Waals surface area contributed by atoms with Crippen molar-refractivity contribution in [3.63, 3.8) is 0 Å². The molecule has 2 N–H and O–H groups in total. The molecule has 0 amide bonds. The van der Waals surface area contributed by atoms with Gasteiger partial charge in [0.2, 0.25) is 0 Å². The second-order valence-corrected chi connectivity index (χ2v) is 5.42. The Balaban J connectivity index is 2.61. The van der Waals surface area contributed by atoms with Gasteiger partial charge in [0, 0.05) is 22.5 Å². The molecular formula is C13H14BrNO2S. The van der Waals surface area contributed by atoms with Gasteiger partial charge >= 0.3 is 0 Å². The number of thiophene rings is 1. The van der Waals surface area contributed by atoms with E-state index in [2.05, 4.69) is 22.0 Å². The Kier molecular flexibility index (Phi) is 4.27. The molecule has 0 aliphatic rings. The third kappa shape index (κ3) is 2.25. The van der Waals surface area contributed by atoms with Gasteiger partial charge in [0.05, 0.1) is 14.2 Å². The van der Waals surface area contributed by atoms with E-state index in [1.165, 1.54) is 0 Å². The average molecular weight is 328 g/mol.